The normalized spacial score (nSPS) is 10.7. The Morgan fingerprint density at radius 2 is 1.90 bits per heavy atom. The first-order valence-electron chi connectivity index (χ1n) is 6.82. The van der Waals surface area contributed by atoms with Gasteiger partial charge in [-0.1, -0.05) is 18.2 Å². The average molecular weight is 311 g/mol. The molecule has 0 amide bonds. The van der Waals surface area contributed by atoms with Crippen molar-refractivity contribution in [3.63, 3.8) is 0 Å². The molecule has 114 valence electrons. The highest BCUT2D eigenvalue weighted by molar-refractivity contribution is 6.28. The predicted molar refractivity (Wildman–Crippen MR) is 81.9 cm³/mol. The minimum Gasteiger partial charge on any atom is -0.494 e. The van der Waals surface area contributed by atoms with Crippen molar-refractivity contribution in [2.45, 2.75) is 19.8 Å². The van der Waals surface area contributed by atoms with Gasteiger partial charge in [-0.15, -0.1) is 0 Å². The molecule has 0 bridgehead atoms. The molecule has 5 heteroatoms. The Balaban J connectivity index is 2.15. The topological polar surface area (TPSA) is 44.8 Å². The van der Waals surface area contributed by atoms with Crippen LogP contribution in [-0.2, 0) is 14.3 Å². The number of unbranched alkanes of at least 4 members (excludes halogenated alkanes) is 1. The highest BCUT2D eigenvalue weighted by atomic mass is 35.5. The summed E-state index contributed by atoms with van der Waals surface area (Å²) >= 11 is 5.72. The average Bonchev–Trinajstić information content (AvgIpc) is 2.50. The molecule has 0 saturated heterocycles. The van der Waals surface area contributed by atoms with Gasteiger partial charge in [-0.2, -0.15) is 0 Å². The van der Waals surface area contributed by atoms with E-state index in [-0.39, 0.29) is 11.0 Å². The second-order valence-corrected chi connectivity index (χ2v) is 4.44. The van der Waals surface area contributed by atoms with Crippen molar-refractivity contribution in [1.29, 1.82) is 0 Å². The lowest BCUT2D eigenvalue weighted by molar-refractivity contribution is 0.203. The third-order valence-electron chi connectivity index (χ3n) is 2.44. The number of halogens is 1. The van der Waals surface area contributed by atoms with Gasteiger partial charge < -0.3 is 14.2 Å². The minimum atomic E-state index is 0.0393. The summed E-state index contributed by atoms with van der Waals surface area (Å²) in [5.74, 6) is 2.57. The van der Waals surface area contributed by atoms with Crippen LogP contribution in [-0.4, -0.2) is 25.8 Å². The second-order valence-electron chi connectivity index (χ2n) is 4.06. The van der Waals surface area contributed by atoms with Gasteiger partial charge in [-0.05, 0) is 43.5 Å². The zero-order valence-electron chi connectivity index (χ0n) is 12.0. The molecule has 4 nitrogen and oxygen atoms in total. The first-order chi connectivity index (χ1) is 10.3. The van der Waals surface area contributed by atoms with E-state index in [9.17, 15) is 4.79 Å². The maximum Gasteiger partial charge on any atom is 0.208 e. The zero-order valence-corrected chi connectivity index (χ0v) is 12.8. The van der Waals surface area contributed by atoms with Crippen LogP contribution in [0.4, 0.5) is 0 Å². The monoisotopic (exact) mass is 310 g/mol. The van der Waals surface area contributed by atoms with Gasteiger partial charge in [0.15, 0.2) is 11.2 Å². The van der Waals surface area contributed by atoms with Gasteiger partial charge in [-0.3, -0.25) is 0 Å². The van der Waals surface area contributed by atoms with Crippen LogP contribution >= 0.6 is 11.6 Å². The Hall–Kier alpha value is -1.90. The lowest BCUT2D eigenvalue weighted by Crippen LogP contribution is -2.01. The minimum absolute atomic E-state index is 0.0393. The Labute approximate surface area is 130 Å². The summed E-state index contributed by atoms with van der Waals surface area (Å²) in [6, 6.07) is 9.60. The van der Waals surface area contributed by atoms with Crippen LogP contribution < -0.4 is 4.74 Å². The molecule has 0 unspecified atom stereocenters. The first-order valence-corrected chi connectivity index (χ1v) is 7.19. The molecule has 1 aromatic rings. The number of para-hydroxylation sites is 1. The molecular formula is C16H19ClO4. The van der Waals surface area contributed by atoms with E-state index in [1.165, 1.54) is 6.08 Å². The summed E-state index contributed by atoms with van der Waals surface area (Å²) < 4.78 is 15.8. The Bertz CT molecular complexity index is 478. The molecule has 1 aromatic carbocycles. The molecule has 0 saturated carbocycles. The van der Waals surface area contributed by atoms with E-state index in [0.717, 1.165) is 18.6 Å². The van der Waals surface area contributed by atoms with E-state index in [4.69, 9.17) is 25.8 Å². The molecule has 0 fully saturated rings. The molecule has 0 aromatic heterocycles. The van der Waals surface area contributed by atoms with Crippen molar-refractivity contribution >= 4 is 17.5 Å². The van der Waals surface area contributed by atoms with Gasteiger partial charge in [-0.25, -0.2) is 4.79 Å². The largest absolute Gasteiger partial charge is 0.494 e. The van der Waals surface area contributed by atoms with E-state index < -0.39 is 0 Å². The van der Waals surface area contributed by atoms with E-state index in [1.54, 1.807) is 12.9 Å². The maximum absolute atomic E-state index is 10.7. The van der Waals surface area contributed by atoms with E-state index in [2.05, 4.69) is 0 Å². The summed E-state index contributed by atoms with van der Waals surface area (Å²) in [5.41, 5.74) is 0. The van der Waals surface area contributed by atoms with Crippen molar-refractivity contribution in [3.8, 4) is 5.75 Å². The van der Waals surface area contributed by atoms with Crippen LogP contribution in [0.25, 0.3) is 0 Å². The number of ether oxygens (including phenoxy) is 3. The molecule has 0 aliphatic carbocycles. The van der Waals surface area contributed by atoms with Crippen LogP contribution in [0, 0.1) is 0 Å². The van der Waals surface area contributed by atoms with Gasteiger partial charge in [0.05, 0.1) is 19.8 Å². The van der Waals surface area contributed by atoms with Crippen LogP contribution in [0.15, 0.2) is 47.4 Å². The molecule has 21 heavy (non-hydrogen) atoms. The smallest absolute Gasteiger partial charge is 0.208 e. The third-order valence-corrected chi connectivity index (χ3v) is 2.65. The Morgan fingerprint density at radius 1 is 1.19 bits per heavy atom. The molecule has 0 aliphatic rings. The number of hydrogen-bond donors (Lipinski definition) is 0. The van der Waals surface area contributed by atoms with Gasteiger partial charge >= 0.3 is 0 Å². The second kappa shape index (κ2) is 10.8. The van der Waals surface area contributed by atoms with Gasteiger partial charge in [0.1, 0.15) is 5.75 Å². The van der Waals surface area contributed by atoms with Gasteiger partial charge in [0, 0.05) is 6.08 Å². The number of rotatable bonds is 10. The van der Waals surface area contributed by atoms with Crippen LogP contribution in [0.5, 0.6) is 5.75 Å². The SMILES string of the molecule is CCOC(Cl)=CC(=C=O)OCCCCOc1ccccc1. The van der Waals surface area contributed by atoms with Crippen molar-refractivity contribution in [2.75, 3.05) is 19.8 Å². The van der Waals surface area contributed by atoms with E-state index in [1.807, 2.05) is 30.3 Å². The van der Waals surface area contributed by atoms with Crippen LogP contribution in [0.2, 0.25) is 0 Å². The van der Waals surface area contributed by atoms with Gasteiger partial charge in [0.25, 0.3) is 0 Å². The molecule has 0 N–H and O–H groups in total. The molecule has 0 radical (unpaired) electrons. The maximum atomic E-state index is 10.7. The van der Waals surface area contributed by atoms with Gasteiger partial charge in [0.2, 0.25) is 5.76 Å². The zero-order chi connectivity index (χ0) is 15.3. The Morgan fingerprint density at radius 3 is 2.57 bits per heavy atom. The van der Waals surface area contributed by atoms with Crippen molar-refractivity contribution in [2.24, 2.45) is 0 Å². The van der Waals surface area contributed by atoms with Crippen molar-refractivity contribution in [3.05, 3.63) is 47.4 Å². The fourth-order valence-corrected chi connectivity index (χ4v) is 1.68. The number of hydrogen-bond acceptors (Lipinski definition) is 4. The van der Waals surface area contributed by atoms with Crippen molar-refractivity contribution in [1.82, 2.24) is 0 Å². The Kier molecular flexibility index (Phi) is 8.85. The first kappa shape index (κ1) is 17.2. The lowest BCUT2D eigenvalue weighted by Gasteiger charge is -2.07. The molecule has 1 rings (SSSR count). The number of benzene rings is 1. The summed E-state index contributed by atoms with van der Waals surface area (Å²) in [5, 5.41) is 0.114. The fraction of sp³-hybridized carbons (Fsp3) is 0.375. The van der Waals surface area contributed by atoms with Crippen LogP contribution in [0.3, 0.4) is 0 Å². The fourth-order valence-electron chi connectivity index (χ4n) is 1.48. The predicted octanol–water partition coefficient (Wildman–Crippen LogP) is 3.69. The number of allylic oxidation sites excluding steroid dienone is 1. The standard InChI is InChI=1S/C16H19ClO4/c1-2-19-16(17)12-15(13-18)21-11-7-6-10-20-14-8-4-3-5-9-14/h3-5,8-9,12H,2,6-7,10-11H2,1H3. The summed E-state index contributed by atoms with van der Waals surface area (Å²) in [6.07, 6.45) is 2.90. The summed E-state index contributed by atoms with van der Waals surface area (Å²) in [7, 11) is 0. The number of carbonyl (C=O) groups excluding carboxylic acids is 1. The third kappa shape index (κ3) is 8.08. The lowest BCUT2D eigenvalue weighted by atomic mass is 10.3. The highest BCUT2D eigenvalue weighted by Crippen LogP contribution is 2.10. The summed E-state index contributed by atoms with van der Waals surface area (Å²) in [6.45, 7) is 3.23. The highest BCUT2D eigenvalue weighted by Gasteiger charge is 2.00. The van der Waals surface area contributed by atoms with E-state index in [0.29, 0.717) is 19.8 Å². The van der Waals surface area contributed by atoms with E-state index >= 15 is 0 Å². The quantitative estimate of drug-likeness (QED) is 0.286. The molecular weight excluding hydrogens is 292 g/mol. The molecule has 0 heterocycles. The van der Waals surface area contributed by atoms with Crippen molar-refractivity contribution < 1.29 is 19.0 Å². The molecule has 0 aliphatic heterocycles. The molecule has 0 spiro atoms. The van der Waals surface area contributed by atoms with Crippen LogP contribution in [0.1, 0.15) is 19.8 Å². The molecule has 0 atom stereocenters. The summed E-state index contributed by atoms with van der Waals surface area (Å²) in [4.78, 5) is 10.7.